The summed E-state index contributed by atoms with van der Waals surface area (Å²) in [5, 5.41) is 11.3. The van der Waals surface area contributed by atoms with Crippen LogP contribution in [0.1, 0.15) is 75.9 Å². The molecule has 0 bridgehead atoms. The Hall–Kier alpha value is -2.82. The van der Waals surface area contributed by atoms with Crippen LogP contribution in [-0.2, 0) is 4.74 Å². The summed E-state index contributed by atoms with van der Waals surface area (Å²) in [7, 11) is 3.00. The number of nitrogens with zero attached hydrogens (tertiary/aromatic N) is 4. The van der Waals surface area contributed by atoms with Crippen molar-refractivity contribution in [2.45, 2.75) is 72.3 Å². The maximum Gasteiger partial charge on any atom is 0.295 e. The first-order valence-electron chi connectivity index (χ1n) is 12.6. The summed E-state index contributed by atoms with van der Waals surface area (Å²) in [6.45, 7) is 11.5. The Morgan fingerprint density at radius 1 is 1.03 bits per heavy atom. The van der Waals surface area contributed by atoms with Crippen molar-refractivity contribution < 1.29 is 19.0 Å². The number of carbonyl (C=O) groups excluding carboxylic acids is 1. The number of amides is 1. The Labute approximate surface area is 234 Å². The Morgan fingerprint density at radius 3 is 2.42 bits per heavy atom. The lowest BCUT2D eigenvalue weighted by molar-refractivity contribution is -0.0245. The van der Waals surface area contributed by atoms with E-state index in [-0.39, 0.29) is 16.7 Å². The lowest BCUT2D eigenvalue weighted by Gasteiger charge is -2.25. The molecule has 0 unspecified atom stereocenters. The van der Waals surface area contributed by atoms with Crippen LogP contribution in [0.3, 0.4) is 0 Å². The third kappa shape index (κ3) is 9.81. The van der Waals surface area contributed by atoms with Gasteiger partial charge in [-0.05, 0) is 57.1 Å². The largest absolute Gasteiger partial charge is 0.494 e. The van der Waals surface area contributed by atoms with Gasteiger partial charge in [-0.2, -0.15) is 0 Å². The summed E-state index contributed by atoms with van der Waals surface area (Å²) in [5.74, 6) is 0.105. The van der Waals surface area contributed by atoms with Gasteiger partial charge in [0, 0.05) is 29.6 Å². The molecule has 9 nitrogen and oxygen atoms in total. The summed E-state index contributed by atoms with van der Waals surface area (Å²) in [6, 6.07) is 3.42. The van der Waals surface area contributed by atoms with Gasteiger partial charge in [0.15, 0.2) is 0 Å². The zero-order valence-electron chi connectivity index (χ0n) is 23.3. The van der Waals surface area contributed by atoms with E-state index in [9.17, 15) is 4.79 Å². The Bertz CT molecular complexity index is 1170. The number of hydrogen-bond acceptors (Lipinski definition) is 9. The molecule has 0 spiro atoms. The monoisotopic (exact) mass is 563 g/mol. The van der Waals surface area contributed by atoms with Crippen LogP contribution >= 0.6 is 22.9 Å². The molecule has 0 saturated heterocycles. The molecule has 11 heteroatoms. The Balaban J connectivity index is 0.000000358. The number of ether oxygens (including phenoxy) is 3. The highest BCUT2D eigenvalue weighted by Crippen LogP contribution is 2.34. The van der Waals surface area contributed by atoms with E-state index in [1.807, 2.05) is 6.92 Å². The molecule has 1 amide bonds. The van der Waals surface area contributed by atoms with Gasteiger partial charge in [-0.25, -0.2) is 4.98 Å². The van der Waals surface area contributed by atoms with Crippen molar-refractivity contribution in [3.8, 4) is 22.1 Å². The normalized spacial score (nSPS) is 10.9. The molecule has 3 heterocycles. The number of pyridine rings is 2. The Morgan fingerprint density at radius 2 is 1.79 bits per heavy atom. The molecule has 1 N–H and O–H groups in total. The number of hydrogen-bond donors (Lipinski definition) is 1. The van der Waals surface area contributed by atoms with Crippen molar-refractivity contribution in [2.24, 2.45) is 0 Å². The minimum Gasteiger partial charge on any atom is -0.494 e. The van der Waals surface area contributed by atoms with E-state index in [2.05, 4.69) is 53.2 Å². The average molecular weight is 564 g/mol. The van der Waals surface area contributed by atoms with Gasteiger partial charge >= 0.3 is 0 Å². The maximum absolute atomic E-state index is 12.8. The number of rotatable bonds is 12. The van der Waals surface area contributed by atoms with Crippen molar-refractivity contribution in [2.75, 3.05) is 26.1 Å². The number of unbranched alkanes of at least 4 members (excludes halogenated alkanes) is 2. The average Bonchev–Trinajstić information content (AvgIpc) is 3.35. The second-order valence-corrected chi connectivity index (χ2v) is 10.5. The molecule has 0 aliphatic rings. The molecule has 0 radical (unpaired) electrons. The van der Waals surface area contributed by atoms with Crippen LogP contribution in [-0.4, -0.2) is 52.5 Å². The van der Waals surface area contributed by atoms with Crippen LogP contribution in [0.2, 0.25) is 5.15 Å². The number of carbonyl (C=O) groups is 1. The summed E-state index contributed by atoms with van der Waals surface area (Å²) in [4.78, 5) is 21.0. The molecule has 0 aliphatic heterocycles. The molecule has 0 aliphatic carbocycles. The predicted molar refractivity (Wildman–Crippen MR) is 153 cm³/mol. The second kappa shape index (κ2) is 15.6. The van der Waals surface area contributed by atoms with Crippen LogP contribution in [0.4, 0.5) is 5.13 Å². The van der Waals surface area contributed by atoms with Crippen LogP contribution in [0.5, 0.6) is 10.9 Å². The van der Waals surface area contributed by atoms with Gasteiger partial charge in [0.25, 0.3) is 11.1 Å². The number of nitrogens with one attached hydrogen (secondary N) is 1. The first-order valence-corrected chi connectivity index (χ1v) is 13.8. The smallest absolute Gasteiger partial charge is 0.295 e. The number of methoxy groups -OCH3 is 2. The fourth-order valence-corrected chi connectivity index (χ4v) is 4.23. The number of aromatic nitrogens is 4. The highest BCUT2D eigenvalue weighted by molar-refractivity contribution is 7.17. The number of halogens is 1. The minimum absolute atomic E-state index is 0.102. The Kier molecular flexibility index (Phi) is 12.9. The number of anilines is 1. The minimum atomic E-state index is -0.388. The molecule has 0 aromatic carbocycles. The van der Waals surface area contributed by atoms with Crippen molar-refractivity contribution >= 4 is 34.0 Å². The first kappa shape index (κ1) is 31.4. The summed E-state index contributed by atoms with van der Waals surface area (Å²) in [5.41, 5.74) is 2.44. The molecule has 3 aromatic rings. The van der Waals surface area contributed by atoms with Gasteiger partial charge in [-0.15, -0.1) is 5.10 Å². The quantitative estimate of drug-likeness (QED) is 0.185. The van der Waals surface area contributed by atoms with Gasteiger partial charge in [0.2, 0.25) is 5.13 Å². The standard InChI is InChI=1S/C16H14ClN5O3S.C11H24O/c1-8-4-9(10-5-13(17)19-7-12(10)24-2)11(6-18-8)14(23)20-15-21-22-16(25-3)26-15;1-5-7-8-9-11(3,4)12-10-6-2/h4-7H,1-3H3,(H,20,21,23);5-10H2,1-4H3. The molecular weight excluding hydrogens is 526 g/mol. The topological polar surface area (TPSA) is 108 Å². The van der Waals surface area contributed by atoms with Gasteiger partial charge < -0.3 is 14.2 Å². The summed E-state index contributed by atoms with van der Waals surface area (Å²) in [6.07, 6.45) is 9.24. The molecule has 0 atom stereocenters. The highest BCUT2D eigenvalue weighted by Gasteiger charge is 2.19. The van der Waals surface area contributed by atoms with E-state index < -0.39 is 0 Å². The van der Waals surface area contributed by atoms with Crippen molar-refractivity contribution in [1.82, 2.24) is 20.2 Å². The molecule has 38 heavy (non-hydrogen) atoms. The zero-order valence-corrected chi connectivity index (χ0v) is 24.8. The number of aryl methyl sites for hydroxylation is 1. The molecular formula is C27H38ClN5O4S. The summed E-state index contributed by atoms with van der Waals surface area (Å²) >= 11 is 7.15. The van der Waals surface area contributed by atoms with Crippen LogP contribution in [0, 0.1) is 6.92 Å². The molecule has 0 fully saturated rings. The highest BCUT2D eigenvalue weighted by atomic mass is 35.5. The van der Waals surface area contributed by atoms with E-state index in [4.69, 9.17) is 25.8 Å². The van der Waals surface area contributed by atoms with Crippen molar-refractivity contribution in [3.63, 3.8) is 0 Å². The van der Waals surface area contributed by atoms with Crippen molar-refractivity contribution in [3.05, 3.63) is 40.9 Å². The predicted octanol–water partition coefficient (Wildman–Crippen LogP) is 7.00. The first-order chi connectivity index (χ1) is 18.1. The van der Waals surface area contributed by atoms with E-state index in [1.165, 1.54) is 52.3 Å². The maximum atomic E-state index is 12.8. The fourth-order valence-electron chi connectivity index (χ4n) is 3.51. The SMILES string of the molecule is CCCCCC(C)(C)OCCC.COc1nnc(NC(=O)c2cnc(C)cc2-c2cc(Cl)ncc2OC)s1. The van der Waals surface area contributed by atoms with E-state index >= 15 is 0 Å². The molecule has 0 saturated carbocycles. The lowest BCUT2D eigenvalue weighted by Crippen LogP contribution is -2.24. The van der Waals surface area contributed by atoms with E-state index in [1.54, 1.807) is 12.1 Å². The second-order valence-electron chi connectivity index (χ2n) is 9.18. The van der Waals surface area contributed by atoms with E-state index in [0.717, 1.165) is 30.1 Å². The molecule has 3 rings (SSSR count). The van der Waals surface area contributed by atoms with Crippen LogP contribution in [0.15, 0.2) is 24.5 Å². The van der Waals surface area contributed by atoms with Gasteiger partial charge in [-0.3, -0.25) is 15.1 Å². The lowest BCUT2D eigenvalue weighted by atomic mass is 10.0. The zero-order chi connectivity index (χ0) is 28.1. The molecule has 208 valence electrons. The third-order valence-electron chi connectivity index (χ3n) is 5.51. The van der Waals surface area contributed by atoms with Crippen LogP contribution in [0.25, 0.3) is 11.1 Å². The van der Waals surface area contributed by atoms with Gasteiger partial charge in [0.1, 0.15) is 10.9 Å². The van der Waals surface area contributed by atoms with Gasteiger partial charge in [0.05, 0.1) is 31.6 Å². The molecule has 3 aromatic heterocycles. The third-order valence-corrected chi connectivity index (χ3v) is 6.52. The fraction of sp³-hybridized carbons (Fsp3) is 0.519. The van der Waals surface area contributed by atoms with E-state index in [0.29, 0.717) is 32.8 Å². The summed E-state index contributed by atoms with van der Waals surface area (Å²) < 4.78 is 16.1. The van der Waals surface area contributed by atoms with Crippen LogP contribution < -0.4 is 14.8 Å². The van der Waals surface area contributed by atoms with Crippen molar-refractivity contribution in [1.29, 1.82) is 0 Å². The van der Waals surface area contributed by atoms with Gasteiger partial charge in [-0.1, -0.05) is 49.8 Å².